The highest BCUT2D eigenvalue weighted by Crippen LogP contribution is 2.30. The molecule has 2 aromatic rings. The van der Waals surface area contributed by atoms with Crippen molar-refractivity contribution in [1.82, 2.24) is 0 Å². The van der Waals surface area contributed by atoms with Gasteiger partial charge in [0.1, 0.15) is 0 Å². The van der Waals surface area contributed by atoms with Gasteiger partial charge in [-0.3, -0.25) is 0 Å². The van der Waals surface area contributed by atoms with Crippen LogP contribution in [0.3, 0.4) is 0 Å². The van der Waals surface area contributed by atoms with Gasteiger partial charge >= 0.3 is 0 Å². The molecule has 0 saturated carbocycles. The van der Waals surface area contributed by atoms with Crippen molar-refractivity contribution >= 4 is 0 Å². The summed E-state index contributed by atoms with van der Waals surface area (Å²) in [5.41, 5.74) is -3.71. The zero-order valence-electron chi connectivity index (χ0n) is 10.4. The first-order valence-corrected chi connectivity index (χ1v) is 5.47. The lowest BCUT2D eigenvalue weighted by molar-refractivity contribution is 0.369. The molecule has 0 heterocycles. The van der Waals surface area contributed by atoms with E-state index >= 15 is 0 Å². The van der Waals surface area contributed by atoms with Gasteiger partial charge in [-0.2, -0.15) is 43.9 Å². The highest BCUT2D eigenvalue weighted by Gasteiger charge is 2.36. The van der Waals surface area contributed by atoms with E-state index in [4.69, 9.17) is 0 Å². The second-order valence-corrected chi connectivity index (χ2v) is 4.11. The van der Waals surface area contributed by atoms with Crippen molar-refractivity contribution in [3.8, 4) is 0 Å². The molecule has 10 heteroatoms. The Morgan fingerprint density at radius 2 is 0.478 bits per heavy atom. The van der Waals surface area contributed by atoms with E-state index in [1.54, 1.807) is 0 Å². The van der Waals surface area contributed by atoms with Gasteiger partial charge in [-0.05, 0) is 0 Å². The van der Waals surface area contributed by atoms with Crippen molar-refractivity contribution in [1.29, 1.82) is 0 Å². The third-order valence-corrected chi connectivity index (χ3v) is 2.78. The van der Waals surface area contributed by atoms with Crippen molar-refractivity contribution in [2.75, 3.05) is 0 Å². The fourth-order valence-corrected chi connectivity index (χ4v) is 1.64. The van der Waals surface area contributed by atoms with Gasteiger partial charge in [-0.25, -0.2) is 0 Å². The lowest BCUT2D eigenvalue weighted by Gasteiger charge is -2.05. The molecule has 0 aromatic heterocycles. The monoisotopic (exact) mass is 347 g/mol. The van der Waals surface area contributed by atoms with Crippen LogP contribution in [0.1, 0.15) is 11.1 Å². The Morgan fingerprint density at radius 1 is 0.304 bits per heavy atom. The van der Waals surface area contributed by atoms with Gasteiger partial charge in [-0.15, -0.1) is 0 Å². The minimum absolute atomic E-state index is 0.369. The van der Waals surface area contributed by atoms with Crippen LogP contribution in [0.15, 0.2) is 0 Å². The zero-order chi connectivity index (χ0) is 17.6. The molecule has 0 bridgehead atoms. The van der Waals surface area contributed by atoms with Crippen molar-refractivity contribution in [2.45, 2.75) is 0 Å². The number of halogens is 10. The van der Waals surface area contributed by atoms with E-state index in [9.17, 15) is 43.9 Å². The van der Waals surface area contributed by atoms with E-state index in [0.29, 0.717) is 0 Å². The quantitative estimate of drug-likeness (QED) is 0.320. The van der Waals surface area contributed by atoms with E-state index < -0.39 is 69.3 Å². The van der Waals surface area contributed by atoms with E-state index in [0.717, 1.165) is 0 Å². The summed E-state index contributed by atoms with van der Waals surface area (Å²) in [6.07, 6.45) is -0.369. The van der Waals surface area contributed by atoms with Crippen LogP contribution < -0.4 is 0 Å². The summed E-state index contributed by atoms with van der Waals surface area (Å²) in [5, 5.41) is 0. The molecule has 0 fully saturated rings. The van der Waals surface area contributed by atoms with Crippen LogP contribution in [0.4, 0.5) is 43.9 Å². The third kappa shape index (κ3) is 2.47. The van der Waals surface area contributed by atoms with Gasteiger partial charge in [0.25, 0.3) is 0 Å². The van der Waals surface area contributed by atoms with E-state index in [1.807, 2.05) is 0 Å². The topological polar surface area (TPSA) is 0 Å². The smallest absolute Gasteiger partial charge is 0.199 e. The van der Waals surface area contributed by atoms with Crippen molar-refractivity contribution in [2.24, 2.45) is 0 Å². The fraction of sp³-hybridized carbons (Fsp3) is 0. The summed E-state index contributed by atoms with van der Waals surface area (Å²) in [4.78, 5) is 0. The SMILES string of the molecule is Fc1c(F)c(F)c([CH+]c2c(F)c(F)c(F)c(F)c2F)c(F)c1F. The largest absolute Gasteiger partial charge is 0.238 e. The van der Waals surface area contributed by atoms with Crippen LogP contribution in [0.2, 0.25) is 0 Å². The van der Waals surface area contributed by atoms with E-state index in [-0.39, 0.29) is 6.42 Å². The lowest BCUT2D eigenvalue weighted by Crippen LogP contribution is -2.11. The Balaban J connectivity index is 2.71. The van der Waals surface area contributed by atoms with Gasteiger partial charge in [0, 0.05) is 6.42 Å². The Bertz CT molecular complexity index is 686. The Morgan fingerprint density at radius 3 is 0.696 bits per heavy atom. The highest BCUT2D eigenvalue weighted by molar-refractivity contribution is 5.42. The minimum Gasteiger partial charge on any atom is -0.199 e. The van der Waals surface area contributed by atoms with Crippen LogP contribution in [0.5, 0.6) is 0 Å². The molecule has 0 saturated heterocycles. The molecule has 0 aliphatic heterocycles. The van der Waals surface area contributed by atoms with Gasteiger partial charge in [0.05, 0.1) is 0 Å². The van der Waals surface area contributed by atoms with Crippen molar-refractivity contribution in [3.63, 3.8) is 0 Å². The maximum Gasteiger partial charge on any atom is 0.238 e. The van der Waals surface area contributed by atoms with Crippen molar-refractivity contribution in [3.05, 3.63) is 75.7 Å². The zero-order valence-corrected chi connectivity index (χ0v) is 10.4. The average Bonchev–Trinajstić information content (AvgIpc) is 2.54. The van der Waals surface area contributed by atoms with Crippen LogP contribution >= 0.6 is 0 Å². The molecular weight excluding hydrogens is 346 g/mol. The second kappa shape index (κ2) is 5.67. The fourth-order valence-electron chi connectivity index (χ4n) is 1.64. The van der Waals surface area contributed by atoms with Crippen LogP contribution in [0, 0.1) is 64.6 Å². The minimum atomic E-state index is -2.55. The summed E-state index contributed by atoms with van der Waals surface area (Å²) < 4.78 is 131. The number of benzene rings is 2. The molecule has 0 unspecified atom stereocenters. The Kier molecular flexibility index (Phi) is 4.18. The molecule has 0 amide bonds. The Hall–Kier alpha value is -2.39. The molecule has 122 valence electrons. The predicted octanol–water partition coefficient (Wildman–Crippen LogP) is 4.68. The second-order valence-electron chi connectivity index (χ2n) is 4.11. The molecule has 0 N–H and O–H groups in total. The normalized spacial score (nSPS) is 11.0. The predicted molar refractivity (Wildman–Crippen MR) is 55.0 cm³/mol. The van der Waals surface area contributed by atoms with Gasteiger partial charge in [0.15, 0.2) is 11.1 Å². The molecule has 0 aliphatic carbocycles. The summed E-state index contributed by atoms with van der Waals surface area (Å²) in [6, 6.07) is 0. The number of rotatable bonds is 2. The number of hydrogen-bond donors (Lipinski definition) is 0. The van der Waals surface area contributed by atoms with Crippen molar-refractivity contribution < 1.29 is 43.9 Å². The standard InChI is InChI=1S/C13HF10/c14-4-2(5(15)9(19)12(22)8(4)18)1-3-6(16)10(20)13(23)11(21)7(3)17/h1H/q+1. The molecule has 23 heavy (non-hydrogen) atoms. The molecule has 0 nitrogen and oxygen atoms in total. The summed E-state index contributed by atoms with van der Waals surface area (Å²) in [7, 11) is 0. The van der Waals surface area contributed by atoms with Crippen LogP contribution in [-0.2, 0) is 0 Å². The van der Waals surface area contributed by atoms with Gasteiger partial charge in [-0.1, -0.05) is 0 Å². The molecular formula is C13HF10+. The Labute approximate surface area is 121 Å². The van der Waals surface area contributed by atoms with Crippen LogP contribution in [0.25, 0.3) is 0 Å². The third-order valence-electron chi connectivity index (χ3n) is 2.78. The first-order chi connectivity index (χ1) is 10.6. The van der Waals surface area contributed by atoms with Gasteiger partial charge < -0.3 is 0 Å². The molecule has 0 spiro atoms. The van der Waals surface area contributed by atoms with Gasteiger partial charge in [0.2, 0.25) is 58.2 Å². The molecule has 0 aliphatic rings. The van der Waals surface area contributed by atoms with Crippen LogP contribution in [-0.4, -0.2) is 0 Å². The van der Waals surface area contributed by atoms with E-state index in [1.165, 1.54) is 0 Å². The maximum absolute atomic E-state index is 13.4. The molecule has 2 aromatic carbocycles. The summed E-state index contributed by atoms with van der Waals surface area (Å²) in [6.45, 7) is 0. The van der Waals surface area contributed by atoms with E-state index in [2.05, 4.69) is 0 Å². The molecule has 2 rings (SSSR count). The summed E-state index contributed by atoms with van der Waals surface area (Å²) in [5.74, 6) is -24.9. The first kappa shape index (κ1) is 17.0. The molecule has 0 atom stereocenters. The lowest BCUT2D eigenvalue weighted by atomic mass is 10.0. The molecule has 0 radical (unpaired) electrons. The number of hydrogen-bond acceptors (Lipinski definition) is 0. The average molecular weight is 347 g/mol. The maximum atomic E-state index is 13.4. The highest BCUT2D eigenvalue weighted by atomic mass is 19.2. The summed E-state index contributed by atoms with van der Waals surface area (Å²) >= 11 is 0. The first-order valence-electron chi connectivity index (χ1n) is 5.47.